The molecule has 0 amide bonds. The lowest BCUT2D eigenvalue weighted by Gasteiger charge is -2.29. The Morgan fingerprint density at radius 1 is 1.53 bits per heavy atom. The van der Waals surface area contributed by atoms with Crippen molar-refractivity contribution in [1.29, 1.82) is 0 Å². The molecule has 1 aromatic rings. The zero-order valence-corrected chi connectivity index (χ0v) is 11.9. The molecule has 1 N–H and O–H groups in total. The van der Waals surface area contributed by atoms with Crippen molar-refractivity contribution in [1.82, 2.24) is 14.5 Å². The Morgan fingerprint density at radius 2 is 2.37 bits per heavy atom. The fourth-order valence-corrected chi connectivity index (χ4v) is 2.67. The van der Waals surface area contributed by atoms with E-state index in [4.69, 9.17) is 0 Å². The van der Waals surface area contributed by atoms with Crippen molar-refractivity contribution < 1.29 is 0 Å². The number of nitrogens with one attached hydrogen (secondary N) is 1. The molecule has 5 nitrogen and oxygen atoms in total. The average molecular weight is 264 g/mol. The predicted octanol–water partition coefficient (Wildman–Crippen LogP) is 1.41. The van der Waals surface area contributed by atoms with Crippen LogP contribution in [-0.2, 0) is 6.54 Å². The Labute approximate surface area is 114 Å². The Kier molecular flexibility index (Phi) is 4.96. The second kappa shape index (κ2) is 6.70. The first-order chi connectivity index (χ1) is 9.20. The molecule has 2 rings (SSSR count). The number of nitrogens with zero attached hydrogens (tertiary/aromatic N) is 3. The van der Waals surface area contributed by atoms with Crippen LogP contribution in [0.4, 0.5) is 5.82 Å². The third kappa shape index (κ3) is 3.80. The van der Waals surface area contributed by atoms with Crippen molar-refractivity contribution in [2.24, 2.45) is 5.92 Å². The molecule has 0 aliphatic carbocycles. The summed E-state index contributed by atoms with van der Waals surface area (Å²) >= 11 is 0. The lowest BCUT2D eigenvalue weighted by Crippen LogP contribution is -2.36. The number of aromatic nitrogens is 2. The van der Waals surface area contributed by atoms with E-state index in [0.29, 0.717) is 11.7 Å². The minimum atomic E-state index is -0.00601. The van der Waals surface area contributed by atoms with Crippen LogP contribution >= 0.6 is 0 Å². The second-order valence-corrected chi connectivity index (χ2v) is 5.43. The van der Waals surface area contributed by atoms with Crippen LogP contribution in [0.25, 0.3) is 0 Å². The molecule has 1 fully saturated rings. The summed E-state index contributed by atoms with van der Waals surface area (Å²) < 4.78 is 1.72. The van der Waals surface area contributed by atoms with Crippen LogP contribution in [-0.4, -0.2) is 41.1 Å². The molecule has 1 saturated heterocycles. The van der Waals surface area contributed by atoms with Gasteiger partial charge in [0.2, 0.25) is 0 Å². The van der Waals surface area contributed by atoms with Gasteiger partial charge in [0.15, 0.2) is 5.82 Å². The van der Waals surface area contributed by atoms with Gasteiger partial charge in [-0.05, 0) is 38.8 Å². The molecule has 1 aromatic heterocycles. The quantitative estimate of drug-likeness (QED) is 0.873. The predicted molar refractivity (Wildman–Crippen MR) is 77.5 cm³/mol. The van der Waals surface area contributed by atoms with Crippen molar-refractivity contribution in [3.63, 3.8) is 0 Å². The van der Waals surface area contributed by atoms with Gasteiger partial charge in [0.05, 0.1) is 0 Å². The number of anilines is 1. The highest BCUT2D eigenvalue weighted by atomic mass is 16.1. The van der Waals surface area contributed by atoms with E-state index in [9.17, 15) is 4.79 Å². The minimum absolute atomic E-state index is 0.00601. The van der Waals surface area contributed by atoms with Crippen molar-refractivity contribution in [2.45, 2.75) is 32.7 Å². The Bertz CT molecular complexity index is 457. The first-order valence-corrected chi connectivity index (χ1v) is 7.18. The van der Waals surface area contributed by atoms with Crippen molar-refractivity contribution >= 4 is 5.82 Å². The normalized spacial score (nSPS) is 20.4. The van der Waals surface area contributed by atoms with E-state index in [1.165, 1.54) is 19.4 Å². The smallest absolute Gasteiger partial charge is 0.293 e. The van der Waals surface area contributed by atoms with Crippen molar-refractivity contribution in [3.8, 4) is 0 Å². The van der Waals surface area contributed by atoms with Crippen LogP contribution in [0.1, 0.15) is 26.2 Å². The summed E-state index contributed by atoms with van der Waals surface area (Å²) in [6.07, 6.45) is 6.88. The molecular formula is C14H24N4O. The van der Waals surface area contributed by atoms with Gasteiger partial charge in [-0.1, -0.05) is 6.92 Å². The Morgan fingerprint density at radius 3 is 3.11 bits per heavy atom. The maximum absolute atomic E-state index is 12.1. The molecule has 1 unspecified atom stereocenters. The van der Waals surface area contributed by atoms with Gasteiger partial charge in [0.1, 0.15) is 0 Å². The van der Waals surface area contributed by atoms with Crippen LogP contribution < -0.4 is 10.9 Å². The number of aryl methyl sites for hydroxylation is 1. The van der Waals surface area contributed by atoms with Crippen molar-refractivity contribution in [2.75, 3.05) is 32.0 Å². The largest absolute Gasteiger partial charge is 0.365 e. The summed E-state index contributed by atoms with van der Waals surface area (Å²) in [6.45, 7) is 5.94. The lowest BCUT2D eigenvalue weighted by molar-refractivity contribution is 0.217. The highest BCUT2D eigenvalue weighted by Gasteiger charge is 2.17. The molecule has 1 aliphatic rings. The van der Waals surface area contributed by atoms with E-state index in [2.05, 4.69) is 29.2 Å². The number of hydrogen-bond donors (Lipinski definition) is 1. The van der Waals surface area contributed by atoms with E-state index in [1.807, 2.05) is 0 Å². The Hall–Kier alpha value is -1.36. The van der Waals surface area contributed by atoms with Gasteiger partial charge < -0.3 is 14.8 Å². The molecule has 0 radical (unpaired) electrons. The zero-order chi connectivity index (χ0) is 13.7. The molecule has 1 aliphatic heterocycles. The van der Waals surface area contributed by atoms with Gasteiger partial charge >= 0.3 is 0 Å². The minimum Gasteiger partial charge on any atom is -0.365 e. The van der Waals surface area contributed by atoms with E-state index in [1.54, 1.807) is 17.0 Å². The highest BCUT2D eigenvalue weighted by Crippen LogP contribution is 2.14. The van der Waals surface area contributed by atoms with Crippen LogP contribution in [0, 0.1) is 5.92 Å². The number of likely N-dealkylation sites (tertiary alicyclic amines) is 1. The van der Waals surface area contributed by atoms with E-state index in [0.717, 1.165) is 26.1 Å². The topological polar surface area (TPSA) is 50.2 Å². The van der Waals surface area contributed by atoms with Crippen LogP contribution in [0.2, 0.25) is 0 Å². The molecule has 1 atom stereocenters. The Balaban J connectivity index is 1.95. The molecule has 0 aromatic carbocycles. The fraction of sp³-hybridized carbons (Fsp3) is 0.714. The van der Waals surface area contributed by atoms with Gasteiger partial charge in [0.25, 0.3) is 5.56 Å². The highest BCUT2D eigenvalue weighted by molar-refractivity contribution is 5.30. The summed E-state index contributed by atoms with van der Waals surface area (Å²) in [6, 6.07) is 0. The fourth-order valence-electron chi connectivity index (χ4n) is 2.67. The van der Waals surface area contributed by atoms with Crippen LogP contribution in [0.3, 0.4) is 0 Å². The average Bonchev–Trinajstić information content (AvgIpc) is 2.40. The standard InChI is InChI=1S/C14H24N4O/c1-3-7-18-9-6-15-13(14(18)19)16-10-12-5-4-8-17(2)11-12/h6,9,12H,3-5,7-8,10-11H2,1-2H3,(H,15,16). The van der Waals surface area contributed by atoms with E-state index < -0.39 is 0 Å². The molecular weight excluding hydrogens is 240 g/mol. The summed E-state index contributed by atoms with van der Waals surface area (Å²) in [5.74, 6) is 1.10. The summed E-state index contributed by atoms with van der Waals surface area (Å²) in [5, 5.41) is 3.23. The van der Waals surface area contributed by atoms with Crippen LogP contribution in [0.5, 0.6) is 0 Å². The summed E-state index contributed by atoms with van der Waals surface area (Å²) in [5.41, 5.74) is -0.00601. The first kappa shape index (κ1) is 14.1. The van der Waals surface area contributed by atoms with Gasteiger partial charge in [-0.15, -0.1) is 0 Å². The number of hydrogen-bond acceptors (Lipinski definition) is 4. The lowest BCUT2D eigenvalue weighted by atomic mass is 9.98. The van der Waals surface area contributed by atoms with E-state index in [-0.39, 0.29) is 5.56 Å². The number of piperidine rings is 1. The van der Waals surface area contributed by atoms with Gasteiger partial charge in [0, 0.05) is 32.0 Å². The molecule has 0 saturated carbocycles. The molecule has 5 heteroatoms. The summed E-state index contributed by atoms with van der Waals surface area (Å²) in [7, 11) is 2.15. The summed E-state index contributed by atoms with van der Waals surface area (Å²) in [4.78, 5) is 18.6. The van der Waals surface area contributed by atoms with Gasteiger partial charge in [-0.3, -0.25) is 4.79 Å². The third-order valence-corrected chi connectivity index (χ3v) is 3.66. The zero-order valence-electron chi connectivity index (χ0n) is 11.9. The molecule has 0 spiro atoms. The first-order valence-electron chi connectivity index (χ1n) is 7.18. The molecule has 0 bridgehead atoms. The van der Waals surface area contributed by atoms with Gasteiger partial charge in [-0.25, -0.2) is 4.98 Å². The van der Waals surface area contributed by atoms with Crippen molar-refractivity contribution in [3.05, 3.63) is 22.7 Å². The molecule has 106 valence electrons. The second-order valence-electron chi connectivity index (χ2n) is 5.43. The van der Waals surface area contributed by atoms with Crippen LogP contribution in [0.15, 0.2) is 17.2 Å². The maximum Gasteiger partial charge on any atom is 0.293 e. The van der Waals surface area contributed by atoms with E-state index >= 15 is 0 Å². The number of rotatable bonds is 5. The SMILES string of the molecule is CCCn1ccnc(NCC2CCCN(C)C2)c1=O. The third-order valence-electron chi connectivity index (χ3n) is 3.66. The van der Waals surface area contributed by atoms with Gasteiger partial charge in [-0.2, -0.15) is 0 Å². The molecule has 19 heavy (non-hydrogen) atoms. The maximum atomic E-state index is 12.1. The monoisotopic (exact) mass is 264 g/mol. The molecule has 2 heterocycles.